The number of carbonyl (C=O) groups is 1. The molecule has 3 rings (SSSR count). The molecule has 0 aliphatic carbocycles. The van der Waals surface area contributed by atoms with Gasteiger partial charge in [-0.05, 0) is 36.8 Å². The van der Waals surface area contributed by atoms with Gasteiger partial charge in [0.15, 0.2) is 0 Å². The van der Waals surface area contributed by atoms with E-state index in [9.17, 15) is 17.6 Å². The van der Waals surface area contributed by atoms with E-state index in [1.807, 2.05) is 30.3 Å². The number of amides is 1. The highest BCUT2D eigenvalue weighted by molar-refractivity contribution is 7.89. The van der Waals surface area contributed by atoms with Gasteiger partial charge in [0.25, 0.3) is 0 Å². The lowest BCUT2D eigenvalue weighted by molar-refractivity contribution is -0.132. The van der Waals surface area contributed by atoms with Gasteiger partial charge in [0.1, 0.15) is 11.6 Å². The van der Waals surface area contributed by atoms with E-state index in [4.69, 9.17) is 16.3 Å². The normalized spacial score (nSPS) is 15.3. The fourth-order valence-corrected chi connectivity index (χ4v) is 4.75. The highest BCUT2D eigenvalue weighted by atomic mass is 35.5. The molecule has 1 amide bonds. The molecule has 2 aromatic carbocycles. The van der Waals surface area contributed by atoms with Gasteiger partial charge in [-0.3, -0.25) is 4.79 Å². The number of ether oxygens (including phenoxy) is 1. The molecular formula is C20H22ClFN2O4S. The highest BCUT2D eigenvalue weighted by Gasteiger charge is 2.30. The second-order valence-corrected chi connectivity index (χ2v) is 8.97. The van der Waals surface area contributed by atoms with E-state index in [1.165, 1.54) is 10.4 Å². The highest BCUT2D eigenvalue weighted by Crippen LogP contribution is 2.23. The number of halogens is 2. The summed E-state index contributed by atoms with van der Waals surface area (Å²) in [4.78, 5) is 14.0. The number of benzene rings is 2. The monoisotopic (exact) mass is 440 g/mol. The van der Waals surface area contributed by atoms with Crippen molar-refractivity contribution in [2.24, 2.45) is 0 Å². The number of carbonyl (C=O) groups excluding carboxylic acids is 1. The van der Waals surface area contributed by atoms with Crippen molar-refractivity contribution < 1.29 is 22.3 Å². The summed E-state index contributed by atoms with van der Waals surface area (Å²) in [6.45, 7) is 1.43. The van der Waals surface area contributed by atoms with Crippen molar-refractivity contribution in [1.29, 1.82) is 0 Å². The molecule has 156 valence electrons. The minimum Gasteiger partial charge on any atom is -0.494 e. The summed E-state index contributed by atoms with van der Waals surface area (Å²) in [5.41, 5.74) is 0. The van der Waals surface area contributed by atoms with Gasteiger partial charge in [-0.25, -0.2) is 12.8 Å². The number of piperazine rings is 1. The molecule has 0 spiro atoms. The van der Waals surface area contributed by atoms with Crippen LogP contribution in [0.15, 0.2) is 53.4 Å². The Bertz CT molecular complexity index is 948. The molecule has 0 N–H and O–H groups in total. The van der Waals surface area contributed by atoms with Crippen molar-refractivity contribution >= 4 is 27.5 Å². The summed E-state index contributed by atoms with van der Waals surface area (Å²) >= 11 is 5.70. The van der Waals surface area contributed by atoms with Crippen LogP contribution < -0.4 is 4.74 Å². The van der Waals surface area contributed by atoms with E-state index in [0.29, 0.717) is 32.5 Å². The molecule has 1 heterocycles. The summed E-state index contributed by atoms with van der Waals surface area (Å²) in [7, 11) is -3.78. The van der Waals surface area contributed by atoms with Crippen molar-refractivity contribution in [3.63, 3.8) is 0 Å². The molecule has 1 fully saturated rings. The van der Waals surface area contributed by atoms with E-state index >= 15 is 0 Å². The molecule has 29 heavy (non-hydrogen) atoms. The molecule has 0 bridgehead atoms. The molecule has 0 aromatic heterocycles. The van der Waals surface area contributed by atoms with Crippen LogP contribution in [-0.2, 0) is 14.8 Å². The molecule has 0 atom stereocenters. The van der Waals surface area contributed by atoms with Crippen LogP contribution in [0, 0.1) is 5.82 Å². The first-order valence-corrected chi connectivity index (χ1v) is 11.1. The molecule has 0 saturated carbocycles. The molecular weight excluding hydrogens is 419 g/mol. The minimum absolute atomic E-state index is 0.0245. The third-order valence-corrected chi connectivity index (χ3v) is 6.85. The zero-order valence-corrected chi connectivity index (χ0v) is 17.3. The van der Waals surface area contributed by atoms with Crippen LogP contribution in [0.25, 0.3) is 0 Å². The number of hydrogen-bond acceptors (Lipinski definition) is 4. The number of sulfonamides is 1. The van der Waals surface area contributed by atoms with Gasteiger partial charge in [-0.15, -0.1) is 0 Å². The van der Waals surface area contributed by atoms with Crippen LogP contribution in [0.1, 0.15) is 12.8 Å². The van der Waals surface area contributed by atoms with Gasteiger partial charge in [-0.2, -0.15) is 4.31 Å². The van der Waals surface area contributed by atoms with E-state index in [2.05, 4.69) is 0 Å². The second-order valence-electron chi connectivity index (χ2n) is 6.63. The Balaban J connectivity index is 1.46. The van der Waals surface area contributed by atoms with Crippen molar-refractivity contribution in [2.75, 3.05) is 32.8 Å². The van der Waals surface area contributed by atoms with Gasteiger partial charge in [0, 0.05) is 32.6 Å². The van der Waals surface area contributed by atoms with Gasteiger partial charge in [0.05, 0.1) is 16.5 Å². The minimum atomic E-state index is -3.78. The molecule has 9 heteroatoms. The number of rotatable bonds is 7. The maximum absolute atomic E-state index is 13.3. The topological polar surface area (TPSA) is 66.9 Å². The molecule has 0 radical (unpaired) electrons. The zero-order chi connectivity index (χ0) is 20.9. The number of nitrogens with zero attached hydrogens (tertiary/aromatic N) is 2. The van der Waals surface area contributed by atoms with Crippen molar-refractivity contribution in [2.45, 2.75) is 17.7 Å². The third kappa shape index (κ3) is 5.46. The second kappa shape index (κ2) is 9.56. The number of para-hydroxylation sites is 1. The van der Waals surface area contributed by atoms with Gasteiger partial charge in [-0.1, -0.05) is 29.8 Å². The first-order chi connectivity index (χ1) is 13.9. The molecule has 1 aliphatic heterocycles. The Kier molecular flexibility index (Phi) is 7.10. The fraction of sp³-hybridized carbons (Fsp3) is 0.350. The molecule has 1 saturated heterocycles. The first-order valence-electron chi connectivity index (χ1n) is 9.29. The van der Waals surface area contributed by atoms with Crippen LogP contribution in [0.4, 0.5) is 4.39 Å². The molecule has 0 unspecified atom stereocenters. The van der Waals surface area contributed by atoms with E-state index < -0.39 is 15.8 Å². The molecule has 1 aliphatic rings. The van der Waals surface area contributed by atoms with Crippen LogP contribution in [0.5, 0.6) is 5.75 Å². The van der Waals surface area contributed by atoms with Crippen LogP contribution >= 0.6 is 11.6 Å². The van der Waals surface area contributed by atoms with Crippen molar-refractivity contribution in [3.05, 3.63) is 59.4 Å². The lowest BCUT2D eigenvalue weighted by Crippen LogP contribution is -2.50. The van der Waals surface area contributed by atoms with Gasteiger partial charge in [0.2, 0.25) is 15.9 Å². The zero-order valence-electron chi connectivity index (χ0n) is 15.8. The van der Waals surface area contributed by atoms with Crippen LogP contribution in [-0.4, -0.2) is 56.3 Å². The van der Waals surface area contributed by atoms with Gasteiger partial charge < -0.3 is 9.64 Å². The van der Waals surface area contributed by atoms with Gasteiger partial charge >= 0.3 is 0 Å². The largest absolute Gasteiger partial charge is 0.494 e. The molecule has 2 aromatic rings. The Morgan fingerprint density at radius 2 is 1.76 bits per heavy atom. The predicted octanol–water partition coefficient (Wildman–Crippen LogP) is 3.17. The lowest BCUT2D eigenvalue weighted by Gasteiger charge is -2.34. The quantitative estimate of drug-likeness (QED) is 0.620. The van der Waals surface area contributed by atoms with E-state index in [1.54, 1.807) is 4.90 Å². The van der Waals surface area contributed by atoms with E-state index in [-0.39, 0.29) is 28.9 Å². The lowest BCUT2D eigenvalue weighted by atomic mass is 10.2. The standard InChI is InChI=1S/C20H22ClFN2O4S/c21-18-15-17(8-9-19(18)22)29(26,27)24-12-10-23(11-13-24)20(25)7-4-14-28-16-5-2-1-3-6-16/h1-3,5-6,8-9,15H,4,7,10-14H2. The summed E-state index contributed by atoms with van der Waals surface area (Å²) in [5, 5.41) is -0.238. The maximum atomic E-state index is 13.3. The van der Waals surface area contributed by atoms with Crippen LogP contribution in [0.2, 0.25) is 5.02 Å². The predicted molar refractivity (Wildman–Crippen MR) is 108 cm³/mol. The summed E-state index contributed by atoms with van der Waals surface area (Å²) in [6.07, 6.45) is 0.924. The smallest absolute Gasteiger partial charge is 0.243 e. The SMILES string of the molecule is O=C(CCCOc1ccccc1)N1CCN(S(=O)(=O)c2ccc(F)c(Cl)c2)CC1. The average Bonchev–Trinajstić information content (AvgIpc) is 2.74. The Morgan fingerprint density at radius 3 is 2.41 bits per heavy atom. The summed E-state index contributed by atoms with van der Waals surface area (Å²) < 4.78 is 45.6. The first kappa shape index (κ1) is 21.5. The van der Waals surface area contributed by atoms with Crippen LogP contribution in [0.3, 0.4) is 0 Å². The molecule has 6 nitrogen and oxygen atoms in total. The summed E-state index contributed by atoms with van der Waals surface area (Å²) in [6, 6.07) is 12.7. The maximum Gasteiger partial charge on any atom is 0.243 e. The third-order valence-electron chi connectivity index (χ3n) is 4.67. The summed E-state index contributed by atoms with van der Waals surface area (Å²) in [5.74, 6) is 0.0699. The Labute approximate surface area is 174 Å². The fourth-order valence-electron chi connectivity index (χ4n) is 3.05. The number of hydrogen-bond donors (Lipinski definition) is 0. The Morgan fingerprint density at radius 1 is 1.07 bits per heavy atom. The van der Waals surface area contributed by atoms with E-state index in [0.717, 1.165) is 17.9 Å². The average molecular weight is 441 g/mol. The van der Waals surface area contributed by atoms with Crippen molar-refractivity contribution in [3.8, 4) is 5.75 Å². The Hall–Kier alpha value is -2.16. The van der Waals surface area contributed by atoms with Crippen molar-refractivity contribution in [1.82, 2.24) is 9.21 Å².